The van der Waals surface area contributed by atoms with Crippen LogP contribution >= 0.6 is 15.9 Å². The number of halogens is 1. The first-order valence-electron chi connectivity index (χ1n) is 8.80. The van der Waals surface area contributed by atoms with Gasteiger partial charge in [0.25, 0.3) is 5.91 Å². The molecule has 0 fully saturated rings. The summed E-state index contributed by atoms with van der Waals surface area (Å²) in [5.41, 5.74) is -0.521. The first-order valence-corrected chi connectivity index (χ1v) is 9.59. The van der Waals surface area contributed by atoms with Gasteiger partial charge in [-0.25, -0.2) is 4.79 Å². The number of alkyl carbamates (subject to hydrolysis) is 1. The molecule has 0 saturated heterocycles. The number of hydrogen-bond donors (Lipinski definition) is 2. The molecular formula is C20H25BrN2O4. The first-order chi connectivity index (χ1) is 12.8. The van der Waals surface area contributed by atoms with E-state index in [1.54, 1.807) is 20.8 Å². The van der Waals surface area contributed by atoms with Gasteiger partial charge in [0.1, 0.15) is 11.4 Å². The van der Waals surface area contributed by atoms with Crippen LogP contribution in [0.15, 0.2) is 40.9 Å². The molecule has 0 saturated carbocycles. The molecule has 0 aliphatic heterocycles. The molecule has 0 unspecified atom stereocenters. The highest BCUT2D eigenvalue weighted by Crippen LogP contribution is 2.32. The van der Waals surface area contributed by atoms with Crippen molar-refractivity contribution in [2.75, 3.05) is 19.7 Å². The lowest BCUT2D eigenvalue weighted by atomic mass is 10.1. The van der Waals surface area contributed by atoms with Gasteiger partial charge < -0.3 is 20.1 Å². The number of carbonyl (C=O) groups is 2. The first kappa shape index (κ1) is 21.0. The fourth-order valence-corrected chi connectivity index (χ4v) is 2.95. The van der Waals surface area contributed by atoms with E-state index in [4.69, 9.17) is 9.47 Å². The Labute approximate surface area is 167 Å². The minimum Gasteiger partial charge on any atom is -0.483 e. The highest BCUT2D eigenvalue weighted by Gasteiger charge is 2.15. The zero-order valence-corrected chi connectivity index (χ0v) is 17.4. The molecule has 2 amide bonds. The highest BCUT2D eigenvalue weighted by molar-refractivity contribution is 9.10. The summed E-state index contributed by atoms with van der Waals surface area (Å²) in [6.07, 6.45) is 0.142. The average Bonchev–Trinajstić information content (AvgIpc) is 2.59. The second-order valence-corrected chi connectivity index (χ2v) is 7.81. The largest absolute Gasteiger partial charge is 0.483 e. The number of nitrogens with one attached hydrogen (secondary N) is 2. The Morgan fingerprint density at radius 3 is 2.48 bits per heavy atom. The van der Waals surface area contributed by atoms with Crippen LogP contribution in [0.3, 0.4) is 0 Å². The van der Waals surface area contributed by atoms with Crippen molar-refractivity contribution in [3.05, 3.63) is 40.9 Å². The van der Waals surface area contributed by atoms with E-state index >= 15 is 0 Å². The molecule has 2 rings (SSSR count). The topological polar surface area (TPSA) is 76.7 Å². The quantitative estimate of drug-likeness (QED) is 0.642. The van der Waals surface area contributed by atoms with E-state index in [-0.39, 0.29) is 12.5 Å². The zero-order valence-electron chi connectivity index (χ0n) is 15.8. The molecule has 2 N–H and O–H groups in total. The molecule has 0 bridgehead atoms. The van der Waals surface area contributed by atoms with Crippen LogP contribution in [0, 0.1) is 0 Å². The number of fused-ring (bicyclic) bond motifs is 1. The summed E-state index contributed by atoms with van der Waals surface area (Å²) in [5, 5.41) is 7.53. The van der Waals surface area contributed by atoms with Crippen LogP contribution in [0.5, 0.6) is 5.75 Å². The smallest absolute Gasteiger partial charge is 0.407 e. The Kier molecular flexibility index (Phi) is 7.47. The van der Waals surface area contributed by atoms with Crippen molar-refractivity contribution in [1.29, 1.82) is 0 Å². The van der Waals surface area contributed by atoms with Crippen LogP contribution in [0.25, 0.3) is 10.8 Å². The van der Waals surface area contributed by atoms with Gasteiger partial charge in [-0.2, -0.15) is 0 Å². The molecule has 0 radical (unpaired) electrons. The predicted molar refractivity (Wildman–Crippen MR) is 109 cm³/mol. The Morgan fingerprint density at radius 2 is 1.74 bits per heavy atom. The summed E-state index contributed by atoms with van der Waals surface area (Å²) in [5.74, 6) is 0.405. The summed E-state index contributed by atoms with van der Waals surface area (Å²) in [6.45, 7) is 6.21. The Balaban J connectivity index is 1.68. The van der Waals surface area contributed by atoms with Crippen molar-refractivity contribution in [2.24, 2.45) is 0 Å². The lowest BCUT2D eigenvalue weighted by molar-refractivity contribution is -0.123. The summed E-state index contributed by atoms with van der Waals surface area (Å²) in [6, 6.07) is 11.7. The SMILES string of the molecule is CC(C)(C)OC(=O)NCCCNC(=O)COc1ccc2ccccc2c1Br. The number of carbonyl (C=O) groups excluding carboxylic acids is 2. The van der Waals surface area contributed by atoms with Crippen molar-refractivity contribution >= 4 is 38.7 Å². The molecule has 27 heavy (non-hydrogen) atoms. The molecule has 6 nitrogen and oxygen atoms in total. The number of ether oxygens (including phenoxy) is 2. The van der Waals surface area contributed by atoms with Crippen LogP contribution in [0.2, 0.25) is 0 Å². The van der Waals surface area contributed by atoms with Gasteiger partial charge in [-0.3, -0.25) is 4.79 Å². The maximum Gasteiger partial charge on any atom is 0.407 e. The Morgan fingerprint density at radius 1 is 1.04 bits per heavy atom. The van der Waals surface area contributed by atoms with Gasteiger partial charge in [0.2, 0.25) is 0 Å². The minimum absolute atomic E-state index is 0.0730. The van der Waals surface area contributed by atoms with Crippen LogP contribution in [0.1, 0.15) is 27.2 Å². The van der Waals surface area contributed by atoms with Gasteiger partial charge in [-0.05, 0) is 60.0 Å². The van der Waals surface area contributed by atoms with Crippen molar-refractivity contribution in [3.63, 3.8) is 0 Å². The normalized spacial score (nSPS) is 11.1. The van der Waals surface area contributed by atoms with Crippen LogP contribution in [-0.2, 0) is 9.53 Å². The maximum absolute atomic E-state index is 11.9. The van der Waals surface area contributed by atoms with E-state index in [9.17, 15) is 9.59 Å². The van der Waals surface area contributed by atoms with E-state index in [0.717, 1.165) is 15.2 Å². The monoisotopic (exact) mass is 436 g/mol. The molecule has 146 valence electrons. The van der Waals surface area contributed by atoms with Crippen molar-refractivity contribution < 1.29 is 19.1 Å². The van der Waals surface area contributed by atoms with Gasteiger partial charge >= 0.3 is 6.09 Å². The molecule has 0 heterocycles. The van der Waals surface area contributed by atoms with Crippen LogP contribution in [0.4, 0.5) is 4.79 Å². The maximum atomic E-state index is 11.9. The number of benzene rings is 2. The molecule has 0 atom stereocenters. The second-order valence-electron chi connectivity index (χ2n) is 7.02. The summed E-state index contributed by atoms with van der Waals surface area (Å²) in [4.78, 5) is 23.4. The number of rotatable bonds is 7. The fraction of sp³-hybridized carbons (Fsp3) is 0.400. The molecule has 0 aliphatic carbocycles. The highest BCUT2D eigenvalue weighted by atomic mass is 79.9. The molecular weight excluding hydrogens is 412 g/mol. The number of hydrogen-bond acceptors (Lipinski definition) is 4. The van der Waals surface area contributed by atoms with Gasteiger partial charge in [-0.1, -0.05) is 30.3 Å². The molecule has 2 aromatic carbocycles. The average molecular weight is 437 g/mol. The third-order valence-electron chi connectivity index (χ3n) is 3.53. The molecule has 0 aromatic heterocycles. The van der Waals surface area contributed by atoms with E-state index in [2.05, 4.69) is 26.6 Å². The van der Waals surface area contributed by atoms with Crippen LogP contribution < -0.4 is 15.4 Å². The van der Waals surface area contributed by atoms with E-state index in [1.807, 2.05) is 36.4 Å². The Hall–Kier alpha value is -2.28. The number of amides is 2. The third-order valence-corrected chi connectivity index (χ3v) is 4.35. The molecule has 2 aromatic rings. The Bertz CT molecular complexity index is 802. The van der Waals surface area contributed by atoms with E-state index in [1.165, 1.54) is 0 Å². The second kappa shape index (κ2) is 9.60. The van der Waals surface area contributed by atoms with Crippen molar-refractivity contribution in [3.8, 4) is 5.75 Å². The lowest BCUT2D eigenvalue weighted by Gasteiger charge is -2.19. The van der Waals surface area contributed by atoms with E-state index < -0.39 is 11.7 Å². The molecule has 0 spiro atoms. The van der Waals surface area contributed by atoms with Crippen molar-refractivity contribution in [2.45, 2.75) is 32.8 Å². The van der Waals surface area contributed by atoms with Gasteiger partial charge in [-0.15, -0.1) is 0 Å². The molecule has 7 heteroatoms. The molecule has 0 aliphatic rings. The van der Waals surface area contributed by atoms with Gasteiger partial charge in [0, 0.05) is 13.1 Å². The van der Waals surface area contributed by atoms with Crippen LogP contribution in [-0.4, -0.2) is 37.3 Å². The third kappa shape index (κ3) is 7.09. The lowest BCUT2D eigenvalue weighted by Crippen LogP contribution is -2.35. The standard InChI is InChI=1S/C20H25BrN2O4/c1-20(2,3)27-19(25)23-12-6-11-22-17(24)13-26-16-10-9-14-7-4-5-8-15(14)18(16)21/h4-5,7-10H,6,11-13H2,1-3H3,(H,22,24)(H,23,25). The summed E-state index contributed by atoms with van der Waals surface area (Å²) >= 11 is 3.53. The van der Waals surface area contributed by atoms with Crippen molar-refractivity contribution in [1.82, 2.24) is 10.6 Å². The zero-order chi connectivity index (χ0) is 19.9. The minimum atomic E-state index is -0.521. The van der Waals surface area contributed by atoms with E-state index in [0.29, 0.717) is 25.3 Å². The summed E-state index contributed by atoms with van der Waals surface area (Å²) in [7, 11) is 0. The summed E-state index contributed by atoms with van der Waals surface area (Å²) < 4.78 is 11.6. The fourth-order valence-electron chi connectivity index (χ4n) is 2.34. The predicted octanol–water partition coefficient (Wildman–Crippen LogP) is 4.01. The van der Waals surface area contributed by atoms with Gasteiger partial charge in [0.05, 0.1) is 4.47 Å². The van der Waals surface area contributed by atoms with Gasteiger partial charge in [0.15, 0.2) is 6.61 Å².